The normalized spacial score (nSPS) is 20.1. The number of carbonyl (C=O) groups is 1. The van der Waals surface area contributed by atoms with Gasteiger partial charge in [-0.05, 0) is 18.8 Å². The molecule has 0 saturated heterocycles. The fourth-order valence-corrected chi connectivity index (χ4v) is 0.688. The van der Waals surface area contributed by atoms with Gasteiger partial charge in [0, 0.05) is 0 Å². The molecule has 1 fully saturated rings. The maximum atomic E-state index is 10.3. The molecular formula is C5H11ClN2O. The van der Waals surface area contributed by atoms with E-state index in [2.05, 4.69) is 0 Å². The maximum absolute atomic E-state index is 10.3. The second kappa shape index (κ2) is 3.03. The summed E-state index contributed by atoms with van der Waals surface area (Å²) in [7, 11) is 0. The van der Waals surface area contributed by atoms with Crippen LogP contribution in [-0.2, 0) is 4.79 Å². The van der Waals surface area contributed by atoms with Crippen molar-refractivity contribution in [1.82, 2.24) is 0 Å². The Kier molecular flexibility index (Phi) is 2.94. The lowest BCUT2D eigenvalue weighted by Crippen LogP contribution is -2.37. The summed E-state index contributed by atoms with van der Waals surface area (Å²) in [6.07, 6.45) is 2.15. The zero-order chi connectivity index (χ0) is 6.15. The molecule has 0 aromatic heterocycles. The molecule has 9 heavy (non-hydrogen) atoms. The van der Waals surface area contributed by atoms with Crippen molar-refractivity contribution in [2.45, 2.75) is 18.9 Å². The summed E-state index contributed by atoms with van der Waals surface area (Å²) in [5, 5.41) is 0. The van der Waals surface area contributed by atoms with E-state index in [1.807, 2.05) is 0 Å². The number of rotatable bonds is 2. The van der Waals surface area contributed by atoms with Crippen LogP contribution in [0.1, 0.15) is 12.8 Å². The summed E-state index contributed by atoms with van der Waals surface area (Å²) in [4.78, 5) is 10.3. The second-order valence-electron chi connectivity index (χ2n) is 2.27. The van der Waals surface area contributed by atoms with Gasteiger partial charge in [0.15, 0.2) is 0 Å². The standard InChI is InChI=1S/C5H10N2O.ClH/c6-4(5(7)8)3-1-2-3;/h3-4H,1-2,6H2,(H2,7,8);1H/t4-;/m1./s1. The van der Waals surface area contributed by atoms with Crippen LogP contribution < -0.4 is 11.5 Å². The Balaban J connectivity index is 0.000000640. The van der Waals surface area contributed by atoms with E-state index in [0.29, 0.717) is 5.92 Å². The zero-order valence-corrected chi connectivity index (χ0v) is 5.86. The summed E-state index contributed by atoms with van der Waals surface area (Å²) >= 11 is 0. The average molecular weight is 151 g/mol. The van der Waals surface area contributed by atoms with E-state index >= 15 is 0 Å². The molecule has 54 valence electrons. The van der Waals surface area contributed by atoms with E-state index in [1.54, 1.807) is 0 Å². The van der Waals surface area contributed by atoms with Crippen LogP contribution in [0, 0.1) is 5.92 Å². The van der Waals surface area contributed by atoms with Crippen LogP contribution in [0.15, 0.2) is 0 Å². The summed E-state index contributed by atoms with van der Waals surface area (Å²) in [6, 6.07) is -0.380. The van der Waals surface area contributed by atoms with Crippen LogP contribution in [0.4, 0.5) is 0 Å². The quantitative estimate of drug-likeness (QED) is 0.564. The first-order valence-corrected chi connectivity index (χ1v) is 2.76. The molecule has 0 radical (unpaired) electrons. The highest BCUT2D eigenvalue weighted by molar-refractivity contribution is 5.85. The van der Waals surface area contributed by atoms with Gasteiger partial charge in [-0.3, -0.25) is 4.79 Å². The highest BCUT2D eigenvalue weighted by atomic mass is 35.5. The van der Waals surface area contributed by atoms with Gasteiger partial charge in [0.2, 0.25) is 5.91 Å². The van der Waals surface area contributed by atoms with Crippen molar-refractivity contribution in [3.63, 3.8) is 0 Å². The molecule has 0 aromatic rings. The lowest BCUT2D eigenvalue weighted by molar-refractivity contribution is -0.119. The van der Waals surface area contributed by atoms with E-state index in [1.165, 1.54) is 0 Å². The smallest absolute Gasteiger partial charge is 0.234 e. The molecule has 3 nitrogen and oxygen atoms in total. The third-order valence-corrected chi connectivity index (χ3v) is 1.46. The number of hydrogen-bond donors (Lipinski definition) is 2. The van der Waals surface area contributed by atoms with E-state index in [4.69, 9.17) is 11.5 Å². The third-order valence-electron chi connectivity index (χ3n) is 1.46. The van der Waals surface area contributed by atoms with Gasteiger partial charge in [0.25, 0.3) is 0 Å². The first-order chi connectivity index (χ1) is 3.72. The molecule has 0 aliphatic heterocycles. The molecule has 0 bridgehead atoms. The number of carbonyl (C=O) groups excluding carboxylic acids is 1. The van der Waals surface area contributed by atoms with Crippen molar-refractivity contribution >= 4 is 18.3 Å². The summed E-state index contributed by atoms with van der Waals surface area (Å²) in [5.41, 5.74) is 10.3. The van der Waals surface area contributed by atoms with Gasteiger partial charge < -0.3 is 11.5 Å². The maximum Gasteiger partial charge on any atom is 0.234 e. The number of amides is 1. The minimum atomic E-state index is -0.380. The van der Waals surface area contributed by atoms with Crippen molar-refractivity contribution < 1.29 is 4.79 Å². The van der Waals surface area contributed by atoms with Crippen molar-refractivity contribution in [3.05, 3.63) is 0 Å². The summed E-state index contributed by atoms with van der Waals surface area (Å²) < 4.78 is 0. The van der Waals surface area contributed by atoms with Crippen LogP contribution in [0.2, 0.25) is 0 Å². The highest BCUT2D eigenvalue weighted by Crippen LogP contribution is 2.31. The summed E-state index contributed by atoms with van der Waals surface area (Å²) in [6.45, 7) is 0. The molecule has 4 heteroatoms. The van der Waals surface area contributed by atoms with Crippen LogP contribution in [0.5, 0.6) is 0 Å². The van der Waals surface area contributed by atoms with E-state index < -0.39 is 0 Å². The van der Waals surface area contributed by atoms with Gasteiger partial charge in [-0.2, -0.15) is 0 Å². The molecule has 1 aliphatic rings. The van der Waals surface area contributed by atoms with Gasteiger partial charge in [-0.15, -0.1) is 12.4 Å². The Morgan fingerprint density at radius 3 is 2.11 bits per heavy atom. The van der Waals surface area contributed by atoms with Crippen LogP contribution in [0.3, 0.4) is 0 Å². The Labute approximate surface area is 60.2 Å². The molecule has 1 atom stereocenters. The minimum absolute atomic E-state index is 0. The molecule has 0 spiro atoms. The minimum Gasteiger partial charge on any atom is -0.368 e. The van der Waals surface area contributed by atoms with Gasteiger partial charge in [-0.25, -0.2) is 0 Å². The van der Waals surface area contributed by atoms with E-state index in [-0.39, 0.29) is 24.4 Å². The molecule has 0 aromatic carbocycles. The fraction of sp³-hybridized carbons (Fsp3) is 0.800. The van der Waals surface area contributed by atoms with Gasteiger partial charge in [0.05, 0.1) is 6.04 Å². The molecule has 1 amide bonds. The second-order valence-corrected chi connectivity index (χ2v) is 2.27. The number of primary amides is 1. The van der Waals surface area contributed by atoms with Crippen molar-refractivity contribution in [2.75, 3.05) is 0 Å². The van der Waals surface area contributed by atoms with Crippen LogP contribution in [0.25, 0.3) is 0 Å². The lowest BCUT2D eigenvalue weighted by atomic mass is 10.2. The lowest BCUT2D eigenvalue weighted by Gasteiger charge is -2.01. The van der Waals surface area contributed by atoms with Crippen molar-refractivity contribution in [1.29, 1.82) is 0 Å². The fourth-order valence-electron chi connectivity index (χ4n) is 0.688. The largest absolute Gasteiger partial charge is 0.368 e. The van der Waals surface area contributed by atoms with Crippen LogP contribution in [-0.4, -0.2) is 11.9 Å². The average Bonchev–Trinajstić information content (AvgIpc) is 2.43. The molecule has 1 saturated carbocycles. The van der Waals surface area contributed by atoms with Crippen LogP contribution >= 0.6 is 12.4 Å². The molecule has 0 heterocycles. The Morgan fingerprint density at radius 1 is 1.56 bits per heavy atom. The summed E-state index contributed by atoms with van der Waals surface area (Å²) in [5.74, 6) is 0.0278. The Bertz CT molecular complexity index is 114. The zero-order valence-electron chi connectivity index (χ0n) is 5.04. The van der Waals surface area contributed by atoms with Crippen molar-refractivity contribution in [2.24, 2.45) is 17.4 Å². The molecular weight excluding hydrogens is 140 g/mol. The molecule has 1 rings (SSSR count). The van der Waals surface area contributed by atoms with E-state index in [0.717, 1.165) is 12.8 Å². The van der Waals surface area contributed by atoms with Gasteiger partial charge in [0.1, 0.15) is 0 Å². The predicted molar refractivity (Wildman–Crippen MR) is 37.1 cm³/mol. The topological polar surface area (TPSA) is 69.1 Å². The molecule has 4 N–H and O–H groups in total. The molecule has 1 aliphatic carbocycles. The molecule has 0 unspecified atom stereocenters. The third kappa shape index (κ3) is 2.20. The first kappa shape index (κ1) is 8.72. The predicted octanol–water partition coefficient (Wildman–Crippen LogP) is -0.369. The monoisotopic (exact) mass is 150 g/mol. The first-order valence-electron chi connectivity index (χ1n) is 2.76. The van der Waals surface area contributed by atoms with Crippen molar-refractivity contribution in [3.8, 4) is 0 Å². The van der Waals surface area contributed by atoms with E-state index in [9.17, 15) is 4.79 Å². The Hall–Kier alpha value is -0.280. The number of nitrogens with two attached hydrogens (primary N) is 2. The highest BCUT2D eigenvalue weighted by Gasteiger charge is 2.31. The number of halogens is 1. The van der Waals surface area contributed by atoms with Gasteiger partial charge in [-0.1, -0.05) is 0 Å². The SMILES string of the molecule is Cl.NC(=O)[C@H](N)C1CC1. The Morgan fingerprint density at radius 2 is 2.00 bits per heavy atom. The number of hydrogen-bond acceptors (Lipinski definition) is 2. The van der Waals surface area contributed by atoms with Gasteiger partial charge >= 0.3 is 0 Å².